The third-order valence-electron chi connectivity index (χ3n) is 3.81. The Morgan fingerprint density at radius 1 is 1.44 bits per heavy atom. The highest BCUT2D eigenvalue weighted by Gasteiger charge is 2.33. The molecule has 25 heavy (non-hydrogen) atoms. The number of hydrogen-bond donors (Lipinski definition) is 1. The summed E-state index contributed by atoms with van der Waals surface area (Å²) in [7, 11) is 1.42. The number of nitrogens with zero attached hydrogens (tertiary/aromatic N) is 5. The monoisotopic (exact) mass is 356 g/mol. The Morgan fingerprint density at radius 3 is 2.64 bits per heavy atom. The molecule has 0 atom stereocenters. The molecule has 2 aromatic heterocycles. The van der Waals surface area contributed by atoms with Crippen molar-refractivity contribution in [3.05, 3.63) is 22.4 Å². The van der Waals surface area contributed by atoms with E-state index in [9.17, 15) is 20.4 Å². The number of pyridine rings is 1. The van der Waals surface area contributed by atoms with Crippen molar-refractivity contribution in [2.75, 3.05) is 11.5 Å². The maximum Gasteiger partial charge on any atom is 0.300 e. The van der Waals surface area contributed by atoms with Crippen molar-refractivity contribution in [3.8, 4) is 18.1 Å². The minimum absolute atomic E-state index is 0.0402. The number of thioether (sulfide) groups is 1. The lowest BCUT2D eigenvalue weighted by atomic mass is 10.0. The van der Waals surface area contributed by atoms with Crippen molar-refractivity contribution in [1.29, 1.82) is 10.5 Å². The highest BCUT2D eigenvalue weighted by atomic mass is 32.2. The molecular weight excluding hydrogens is 344 g/mol. The van der Waals surface area contributed by atoms with Gasteiger partial charge in [0.15, 0.2) is 13.0 Å². The van der Waals surface area contributed by atoms with Crippen molar-refractivity contribution >= 4 is 23.4 Å². The third kappa shape index (κ3) is 2.99. The molecule has 126 valence electrons. The van der Waals surface area contributed by atoms with Crippen LogP contribution in [0.15, 0.2) is 9.55 Å². The second kappa shape index (κ2) is 6.42. The summed E-state index contributed by atoms with van der Waals surface area (Å²) in [5.41, 5.74) is 6.76. The van der Waals surface area contributed by atoms with Crippen LogP contribution in [0.4, 0.5) is 5.82 Å². The first-order chi connectivity index (χ1) is 12.0. The summed E-state index contributed by atoms with van der Waals surface area (Å²) >= 11 is 0.994. The third-order valence-corrected chi connectivity index (χ3v) is 4.78. The Labute approximate surface area is 146 Å². The van der Waals surface area contributed by atoms with Crippen molar-refractivity contribution in [2.45, 2.75) is 23.8 Å². The van der Waals surface area contributed by atoms with Crippen LogP contribution in [0.5, 0.6) is 5.95 Å². The van der Waals surface area contributed by atoms with Gasteiger partial charge >= 0.3 is 0 Å². The minimum Gasteiger partial charge on any atom is -0.539 e. The average Bonchev–Trinajstić information content (AvgIpc) is 3.37. The molecule has 0 saturated heterocycles. The van der Waals surface area contributed by atoms with Crippen LogP contribution < -0.4 is 15.5 Å². The normalized spacial score (nSPS) is 13.2. The first kappa shape index (κ1) is 16.7. The van der Waals surface area contributed by atoms with E-state index >= 15 is 0 Å². The second-order valence-electron chi connectivity index (χ2n) is 5.51. The molecule has 0 aliphatic heterocycles. The number of ketones is 1. The van der Waals surface area contributed by atoms with Gasteiger partial charge in [0, 0.05) is 0 Å². The Balaban J connectivity index is 1.92. The number of carbonyl (C=O) groups is 1. The van der Waals surface area contributed by atoms with Gasteiger partial charge in [-0.15, -0.1) is 0 Å². The second-order valence-corrected chi connectivity index (χ2v) is 6.47. The molecule has 1 fully saturated rings. The summed E-state index contributed by atoms with van der Waals surface area (Å²) in [4.78, 5) is 16.3. The van der Waals surface area contributed by atoms with Crippen LogP contribution >= 0.6 is 11.8 Å². The van der Waals surface area contributed by atoms with Crippen LogP contribution in [0.25, 0.3) is 0 Å². The molecule has 9 nitrogen and oxygen atoms in total. The summed E-state index contributed by atoms with van der Waals surface area (Å²) in [6.45, 7) is 0. The van der Waals surface area contributed by atoms with E-state index in [0.717, 1.165) is 29.3 Å². The SMILES string of the molecule is C[n+]1noc([O-])c1C(=O)CSc1nc(N)c(C#N)c(C2CC2)c1C#N. The molecule has 3 rings (SSSR count). The van der Waals surface area contributed by atoms with Crippen LogP contribution in [-0.4, -0.2) is 21.8 Å². The first-order valence-corrected chi connectivity index (χ1v) is 8.29. The molecule has 2 N–H and O–H groups in total. The predicted molar refractivity (Wildman–Crippen MR) is 82.2 cm³/mol. The molecule has 2 heterocycles. The zero-order valence-corrected chi connectivity index (χ0v) is 14.0. The zero-order chi connectivity index (χ0) is 18.1. The number of nitriles is 2. The maximum absolute atomic E-state index is 12.2. The fourth-order valence-corrected chi connectivity index (χ4v) is 3.39. The minimum atomic E-state index is -0.820. The van der Waals surface area contributed by atoms with Crippen LogP contribution in [0, 0.1) is 22.7 Å². The van der Waals surface area contributed by atoms with Crippen LogP contribution in [0.3, 0.4) is 0 Å². The summed E-state index contributed by atoms with van der Waals surface area (Å²) in [5.74, 6) is -1.30. The van der Waals surface area contributed by atoms with Gasteiger partial charge in [-0.05, 0) is 24.3 Å². The predicted octanol–water partition coefficient (Wildman–Crippen LogP) is 0.146. The molecular formula is C15H12N6O3S. The van der Waals surface area contributed by atoms with E-state index in [1.54, 1.807) is 0 Å². The topological polar surface area (TPSA) is 157 Å². The van der Waals surface area contributed by atoms with Crippen molar-refractivity contribution in [2.24, 2.45) is 7.05 Å². The number of aryl methyl sites for hydroxylation is 1. The van der Waals surface area contributed by atoms with E-state index in [2.05, 4.69) is 20.8 Å². The van der Waals surface area contributed by atoms with E-state index in [-0.39, 0.29) is 39.3 Å². The standard InChI is InChI=1S/C15H12N6O3S/c1-21-12(15(23)24-20-21)10(22)6-25-14-9(5-17)11(7-2-3-7)8(4-16)13(18)19-14/h7H,2-3,6H2,1H3,(H2-,18,19,20,22,23). The number of nitrogens with two attached hydrogens (primary N) is 1. The van der Waals surface area contributed by atoms with Gasteiger partial charge in [-0.3, -0.25) is 4.79 Å². The lowest BCUT2D eigenvalue weighted by Crippen LogP contribution is -2.37. The van der Waals surface area contributed by atoms with Crippen LogP contribution in [0.1, 0.15) is 45.9 Å². The molecule has 0 unspecified atom stereocenters. The Bertz CT molecular complexity index is 932. The summed E-state index contributed by atoms with van der Waals surface area (Å²) in [6.07, 6.45) is 1.76. The van der Waals surface area contributed by atoms with Gasteiger partial charge in [0.05, 0.1) is 22.2 Å². The molecule has 1 aliphatic rings. The molecule has 1 aliphatic carbocycles. The van der Waals surface area contributed by atoms with E-state index < -0.39 is 11.7 Å². The molecule has 2 aromatic rings. The van der Waals surface area contributed by atoms with E-state index in [1.807, 2.05) is 6.07 Å². The van der Waals surface area contributed by atoms with Crippen molar-refractivity contribution in [3.63, 3.8) is 0 Å². The highest BCUT2D eigenvalue weighted by molar-refractivity contribution is 8.00. The number of rotatable bonds is 5. The molecule has 0 bridgehead atoms. The van der Waals surface area contributed by atoms with Gasteiger partial charge in [0.25, 0.3) is 5.69 Å². The smallest absolute Gasteiger partial charge is 0.300 e. The van der Waals surface area contributed by atoms with Gasteiger partial charge in [0.1, 0.15) is 23.0 Å². The number of nitrogen functional groups attached to an aromatic ring is 1. The van der Waals surface area contributed by atoms with E-state index in [1.165, 1.54) is 7.05 Å². The van der Waals surface area contributed by atoms with Crippen LogP contribution in [0.2, 0.25) is 0 Å². The lowest BCUT2D eigenvalue weighted by Gasteiger charge is -2.11. The molecule has 1 saturated carbocycles. The Hall–Kier alpha value is -3.11. The molecule has 0 spiro atoms. The van der Waals surface area contributed by atoms with Crippen molar-refractivity contribution in [1.82, 2.24) is 10.3 Å². The number of anilines is 1. The Morgan fingerprint density at radius 2 is 2.12 bits per heavy atom. The zero-order valence-electron chi connectivity index (χ0n) is 13.1. The van der Waals surface area contributed by atoms with Gasteiger partial charge in [-0.25, -0.2) is 4.98 Å². The molecule has 10 heteroatoms. The number of hydrogen-bond acceptors (Lipinski definition) is 9. The lowest BCUT2D eigenvalue weighted by molar-refractivity contribution is -0.741. The molecule has 0 aromatic carbocycles. The van der Waals surface area contributed by atoms with Gasteiger partial charge in [-0.2, -0.15) is 10.5 Å². The summed E-state index contributed by atoms with van der Waals surface area (Å²) in [5, 5.41) is 34.0. The number of carbonyl (C=O) groups excluding carboxylic acids is 1. The number of Topliss-reactive ketones (excluding diaryl/α,β-unsaturated/α-hetero) is 1. The van der Waals surface area contributed by atoms with Crippen LogP contribution in [-0.2, 0) is 7.05 Å². The summed E-state index contributed by atoms with van der Waals surface area (Å²) < 4.78 is 5.49. The fraction of sp³-hybridized carbons (Fsp3) is 0.333. The number of aromatic nitrogens is 3. The largest absolute Gasteiger partial charge is 0.539 e. The highest BCUT2D eigenvalue weighted by Crippen LogP contribution is 2.45. The fourth-order valence-electron chi connectivity index (χ4n) is 2.52. The molecule has 0 amide bonds. The summed E-state index contributed by atoms with van der Waals surface area (Å²) in [6, 6.07) is 4.08. The van der Waals surface area contributed by atoms with Gasteiger partial charge in [-0.1, -0.05) is 16.4 Å². The Kier molecular flexibility index (Phi) is 4.30. The van der Waals surface area contributed by atoms with E-state index in [4.69, 9.17) is 5.73 Å². The quantitative estimate of drug-likeness (QED) is 0.447. The van der Waals surface area contributed by atoms with E-state index in [0.29, 0.717) is 5.56 Å². The average molecular weight is 356 g/mol. The van der Waals surface area contributed by atoms with Crippen molar-refractivity contribution < 1.29 is 19.1 Å². The van der Waals surface area contributed by atoms with Gasteiger partial charge in [0.2, 0.25) is 5.78 Å². The van der Waals surface area contributed by atoms with Gasteiger partial charge < -0.3 is 15.4 Å². The first-order valence-electron chi connectivity index (χ1n) is 7.30. The molecule has 0 radical (unpaired) electrons. The maximum atomic E-state index is 12.2.